The third kappa shape index (κ3) is 5.03. The predicted octanol–water partition coefficient (Wildman–Crippen LogP) is 2.85. The number of amides is 1. The van der Waals surface area contributed by atoms with E-state index in [-0.39, 0.29) is 12.2 Å². The molecule has 3 rings (SSSR count). The van der Waals surface area contributed by atoms with Crippen molar-refractivity contribution in [1.82, 2.24) is 19.4 Å². The van der Waals surface area contributed by atoms with Crippen LogP contribution in [0.1, 0.15) is 11.4 Å². The van der Waals surface area contributed by atoms with E-state index in [0.717, 1.165) is 25.0 Å². The Kier molecular flexibility index (Phi) is 6.26. The number of piperazine rings is 1. The molecule has 1 saturated heterocycles. The Morgan fingerprint density at radius 2 is 1.82 bits per heavy atom. The van der Waals surface area contributed by atoms with E-state index in [1.165, 1.54) is 18.2 Å². The lowest BCUT2D eigenvalue weighted by atomic mass is 10.1. The van der Waals surface area contributed by atoms with E-state index in [9.17, 15) is 18.0 Å². The van der Waals surface area contributed by atoms with Crippen LogP contribution < -0.4 is 5.32 Å². The Hall–Kier alpha value is -2.10. The summed E-state index contributed by atoms with van der Waals surface area (Å²) < 4.78 is 40.9. The first-order chi connectivity index (χ1) is 13.2. The summed E-state index contributed by atoms with van der Waals surface area (Å²) in [6.07, 6.45) is -2.90. The van der Waals surface area contributed by atoms with Crippen LogP contribution in [0.5, 0.6) is 0 Å². The molecule has 10 heteroatoms. The average Bonchev–Trinajstić information content (AvgIpc) is 2.95. The van der Waals surface area contributed by atoms with Crippen molar-refractivity contribution in [3.05, 3.63) is 47.0 Å². The van der Waals surface area contributed by atoms with Gasteiger partial charge in [0, 0.05) is 33.2 Å². The van der Waals surface area contributed by atoms with E-state index in [1.54, 1.807) is 6.20 Å². The molecule has 28 heavy (non-hydrogen) atoms. The molecule has 2 aromatic rings. The largest absolute Gasteiger partial charge is 0.418 e. The molecule has 1 aliphatic rings. The molecule has 0 unspecified atom stereocenters. The Morgan fingerprint density at radius 3 is 2.43 bits per heavy atom. The lowest BCUT2D eigenvalue weighted by molar-refractivity contribution is -0.137. The zero-order chi connectivity index (χ0) is 20.3. The fraction of sp³-hybridized carbons (Fsp3) is 0.444. The summed E-state index contributed by atoms with van der Waals surface area (Å²) in [6, 6.07) is 4.98. The van der Waals surface area contributed by atoms with E-state index < -0.39 is 17.6 Å². The molecule has 1 aromatic carbocycles. The standard InChI is InChI=1S/C18H21ClF3N5O/c1-25-15(19)10-23-16(25)11-26-6-8-27(9-7-26)12-17(28)24-14-5-3-2-4-13(14)18(20,21)22/h2-5,10H,6-9,11-12H2,1H3,(H,24,28). The van der Waals surface area contributed by atoms with Crippen LogP contribution in [0.4, 0.5) is 18.9 Å². The highest BCUT2D eigenvalue weighted by Gasteiger charge is 2.33. The molecule has 1 N–H and O–H groups in total. The molecule has 152 valence electrons. The number of halogens is 4. The van der Waals surface area contributed by atoms with Gasteiger partial charge in [-0.1, -0.05) is 23.7 Å². The third-order valence-electron chi connectivity index (χ3n) is 4.73. The second kappa shape index (κ2) is 8.50. The zero-order valence-electron chi connectivity index (χ0n) is 15.3. The van der Waals surface area contributed by atoms with Gasteiger partial charge in [0.2, 0.25) is 5.91 Å². The monoisotopic (exact) mass is 415 g/mol. The number of benzene rings is 1. The van der Waals surface area contributed by atoms with Crippen molar-refractivity contribution in [2.24, 2.45) is 7.05 Å². The first-order valence-electron chi connectivity index (χ1n) is 8.81. The SMILES string of the molecule is Cn1c(Cl)cnc1CN1CCN(CC(=O)Nc2ccccc2C(F)(F)F)CC1. The smallest absolute Gasteiger partial charge is 0.324 e. The molecule has 0 atom stereocenters. The van der Waals surface area contributed by atoms with Gasteiger partial charge in [-0.2, -0.15) is 13.2 Å². The molecule has 6 nitrogen and oxygen atoms in total. The molecule has 0 aliphatic carbocycles. The van der Waals surface area contributed by atoms with Gasteiger partial charge in [0.1, 0.15) is 11.0 Å². The highest BCUT2D eigenvalue weighted by Crippen LogP contribution is 2.34. The number of hydrogen-bond acceptors (Lipinski definition) is 4. The van der Waals surface area contributed by atoms with Crippen LogP contribution in [-0.4, -0.2) is 58.0 Å². The first-order valence-corrected chi connectivity index (χ1v) is 9.18. The van der Waals surface area contributed by atoms with Crippen molar-refractivity contribution in [3.8, 4) is 0 Å². The van der Waals surface area contributed by atoms with Crippen molar-refractivity contribution >= 4 is 23.2 Å². The van der Waals surface area contributed by atoms with E-state index in [4.69, 9.17) is 11.6 Å². The average molecular weight is 416 g/mol. The number of nitrogens with zero attached hydrogens (tertiary/aromatic N) is 4. The molecular formula is C18H21ClF3N5O. The van der Waals surface area contributed by atoms with Gasteiger partial charge >= 0.3 is 6.18 Å². The predicted molar refractivity (Wildman–Crippen MR) is 100 cm³/mol. The highest BCUT2D eigenvalue weighted by atomic mass is 35.5. The normalized spacial score (nSPS) is 16.3. The highest BCUT2D eigenvalue weighted by molar-refractivity contribution is 6.29. The van der Waals surface area contributed by atoms with Gasteiger partial charge in [-0.3, -0.25) is 14.6 Å². The fourth-order valence-corrected chi connectivity index (χ4v) is 3.26. The summed E-state index contributed by atoms with van der Waals surface area (Å²) in [5.41, 5.74) is -1.06. The van der Waals surface area contributed by atoms with Crippen LogP contribution in [-0.2, 0) is 24.6 Å². The summed E-state index contributed by atoms with van der Waals surface area (Å²) in [5.74, 6) is 0.404. The number of carbonyl (C=O) groups is 1. The van der Waals surface area contributed by atoms with E-state index >= 15 is 0 Å². The molecule has 0 spiro atoms. The second-order valence-corrected chi connectivity index (χ2v) is 7.09. The lowest BCUT2D eigenvalue weighted by Gasteiger charge is -2.34. The van der Waals surface area contributed by atoms with Gasteiger partial charge in [0.25, 0.3) is 0 Å². The minimum absolute atomic E-state index is 0.0499. The molecule has 1 amide bonds. The summed E-state index contributed by atoms with van der Waals surface area (Å²) >= 11 is 5.99. The maximum absolute atomic E-state index is 13.0. The number of alkyl halides is 3. The van der Waals surface area contributed by atoms with Crippen molar-refractivity contribution in [2.45, 2.75) is 12.7 Å². The fourth-order valence-electron chi connectivity index (χ4n) is 3.11. The second-order valence-electron chi connectivity index (χ2n) is 6.70. The summed E-state index contributed by atoms with van der Waals surface area (Å²) in [5, 5.41) is 2.96. The third-order valence-corrected chi connectivity index (χ3v) is 5.08. The van der Waals surface area contributed by atoms with Crippen molar-refractivity contribution in [3.63, 3.8) is 0 Å². The Morgan fingerprint density at radius 1 is 1.18 bits per heavy atom. The van der Waals surface area contributed by atoms with Gasteiger partial charge in [-0.25, -0.2) is 4.98 Å². The molecule has 0 bridgehead atoms. The topological polar surface area (TPSA) is 53.4 Å². The van der Waals surface area contributed by atoms with Crippen LogP contribution in [0.2, 0.25) is 5.15 Å². The molecule has 0 saturated carbocycles. The van der Waals surface area contributed by atoms with Crippen LogP contribution >= 0.6 is 11.6 Å². The molecule has 1 aromatic heterocycles. The van der Waals surface area contributed by atoms with E-state index in [2.05, 4.69) is 15.2 Å². The number of para-hydroxylation sites is 1. The quantitative estimate of drug-likeness (QED) is 0.816. The minimum atomic E-state index is -4.51. The van der Waals surface area contributed by atoms with Crippen molar-refractivity contribution < 1.29 is 18.0 Å². The Balaban J connectivity index is 1.50. The minimum Gasteiger partial charge on any atom is -0.324 e. The van der Waals surface area contributed by atoms with Crippen molar-refractivity contribution in [1.29, 1.82) is 0 Å². The van der Waals surface area contributed by atoms with E-state index in [0.29, 0.717) is 24.8 Å². The molecular weight excluding hydrogens is 395 g/mol. The lowest BCUT2D eigenvalue weighted by Crippen LogP contribution is -2.48. The molecule has 2 heterocycles. The summed E-state index contributed by atoms with van der Waals surface area (Å²) in [6.45, 7) is 3.46. The van der Waals surface area contributed by atoms with Crippen molar-refractivity contribution in [2.75, 3.05) is 38.0 Å². The number of imidazole rings is 1. The number of carbonyl (C=O) groups excluding carboxylic acids is 1. The Bertz CT molecular complexity index is 831. The van der Waals surface area contributed by atoms with Gasteiger partial charge in [0.05, 0.1) is 30.5 Å². The van der Waals surface area contributed by atoms with Crippen LogP contribution in [0.3, 0.4) is 0 Å². The van der Waals surface area contributed by atoms with Gasteiger partial charge in [-0.05, 0) is 12.1 Å². The first kappa shape index (κ1) is 20.6. The molecule has 1 fully saturated rings. The van der Waals surface area contributed by atoms with Gasteiger partial charge in [-0.15, -0.1) is 0 Å². The number of nitrogens with one attached hydrogen (secondary N) is 1. The van der Waals surface area contributed by atoms with E-state index in [1.807, 2.05) is 16.5 Å². The molecule has 1 aliphatic heterocycles. The summed E-state index contributed by atoms with van der Waals surface area (Å²) in [4.78, 5) is 20.6. The number of aromatic nitrogens is 2. The van der Waals surface area contributed by atoms with Crippen LogP contribution in [0.15, 0.2) is 30.5 Å². The van der Waals surface area contributed by atoms with Gasteiger partial charge in [0.15, 0.2) is 0 Å². The zero-order valence-corrected chi connectivity index (χ0v) is 16.1. The van der Waals surface area contributed by atoms with Crippen LogP contribution in [0, 0.1) is 0 Å². The maximum Gasteiger partial charge on any atom is 0.418 e. The number of anilines is 1. The maximum atomic E-state index is 13.0. The number of hydrogen-bond donors (Lipinski definition) is 1. The Labute approximate surface area is 165 Å². The van der Waals surface area contributed by atoms with Crippen LogP contribution in [0.25, 0.3) is 0 Å². The number of rotatable bonds is 5. The summed E-state index contributed by atoms with van der Waals surface area (Å²) in [7, 11) is 1.85. The molecule has 0 radical (unpaired) electrons. The van der Waals surface area contributed by atoms with Gasteiger partial charge < -0.3 is 9.88 Å².